The fraction of sp³-hybridized carbons (Fsp3) is 0.571. The molecular weight excluding hydrogens is 324 g/mol. The molecule has 0 saturated carbocycles. The molecular formula is C21H32N4O. The predicted molar refractivity (Wildman–Crippen MR) is 107 cm³/mol. The van der Waals surface area contributed by atoms with Gasteiger partial charge in [0.05, 0.1) is 18.3 Å². The van der Waals surface area contributed by atoms with Crippen molar-refractivity contribution in [2.45, 2.75) is 45.3 Å². The van der Waals surface area contributed by atoms with Crippen molar-refractivity contribution in [2.75, 3.05) is 34.3 Å². The second-order valence-electron chi connectivity index (χ2n) is 8.49. The van der Waals surface area contributed by atoms with Gasteiger partial charge in [0, 0.05) is 43.0 Å². The van der Waals surface area contributed by atoms with Gasteiger partial charge in [0.25, 0.3) is 0 Å². The van der Waals surface area contributed by atoms with E-state index in [0.29, 0.717) is 6.04 Å². The van der Waals surface area contributed by atoms with E-state index in [1.54, 1.807) is 7.11 Å². The van der Waals surface area contributed by atoms with Crippen LogP contribution in [-0.4, -0.2) is 59.9 Å². The number of aromatic nitrogens is 2. The van der Waals surface area contributed by atoms with E-state index in [0.717, 1.165) is 36.6 Å². The first-order chi connectivity index (χ1) is 12.3. The molecule has 1 aliphatic heterocycles. The first kappa shape index (κ1) is 18.9. The van der Waals surface area contributed by atoms with E-state index in [1.165, 1.54) is 12.0 Å². The average Bonchev–Trinajstić information content (AvgIpc) is 3.22. The van der Waals surface area contributed by atoms with Crippen molar-refractivity contribution in [1.82, 2.24) is 19.6 Å². The summed E-state index contributed by atoms with van der Waals surface area (Å²) in [5.41, 5.74) is 3.42. The summed E-state index contributed by atoms with van der Waals surface area (Å²) in [6.45, 7) is 9.77. The SMILES string of the molecule is COc1cccc(-c2nn(C(C)(C)C)cc2CN2CCC(N(C)C)C2)c1. The molecule has 0 spiro atoms. The van der Waals surface area contributed by atoms with Crippen LogP contribution in [0, 0.1) is 0 Å². The molecule has 142 valence electrons. The maximum atomic E-state index is 5.41. The highest BCUT2D eigenvalue weighted by molar-refractivity contribution is 5.64. The summed E-state index contributed by atoms with van der Waals surface area (Å²) in [4.78, 5) is 4.87. The third-order valence-corrected chi connectivity index (χ3v) is 5.19. The van der Waals surface area contributed by atoms with Crippen molar-refractivity contribution in [2.24, 2.45) is 0 Å². The monoisotopic (exact) mass is 356 g/mol. The molecule has 26 heavy (non-hydrogen) atoms. The van der Waals surface area contributed by atoms with Crippen LogP contribution in [0.5, 0.6) is 5.75 Å². The van der Waals surface area contributed by atoms with Crippen LogP contribution in [0.4, 0.5) is 0 Å². The molecule has 0 bridgehead atoms. The highest BCUT2D eigenvalue weighted by Gasteiger charge is 2.26. The van der Waals surface area contributed by atoms with Gasteiger partial charge in [0.2, 0.25) is 0 Å². The Labute approximate surface area is 157 Å². The van der Waals surface area contributed by atoms with E-state index in [2.05, 4.69) is 67.7 Å². The highest BCUT2D eigenvalue weighted by Crippen LogP contribution is 2.29. The van der Waals surface area contributed by atoms with Crippen LogP contribution >= 0.6 is 0 Å². The van der Waals surface area contributed by atoms with Gasteiger partial charge in [-0.15, -0.1) is 0 Å². The number of benzene rings is 1. The molecule has 1 aromatic carbocycles. The van der Waals surface area contributed by atoms with Gasteiger partial charge < -0.3 is 9.64 Å². The number of ether oxygens (including phenoxy) is 1. The van der Waals surface area contributed by atoms with E-state index in [-0.39, 0.29) is 5.54 Å². The summed E-state index contributed by atoms with van der Waals surface area (Å²) in [5, 5.41) is 4.95. The minimum atomic E-state index is -0.0386. The molecule has 2 aromatic rings. The molecule has 1 aromatic heterocycles. The largest absolute Gasteiger partial charge is 0.497 e. The van der Waals surface area contributed by atoms with Crippen molar-refractivity contribution < 1.29 is 4.74 Å². The number of rotatable bonds is 5. The van der Waals surface area contributed by atoms with Crippen LogP contribution < -0.4 is 4.74 Å². The molecule has 1 unspecified atom stereocenters. The van der Waals surface area contributed by atoms with Gasteiger partial charge in [-0.3, -0.25) is 9.58 Å². The molecule has 1 aliphatic rings. The standard InChI is InChI=1S/C21H32N4O/c1-21(2,3)25-14-17(13-24-11-10-18(15-24)23(4)5)20(22-25)16-8-7-9-19(12-16)26-6/h7-9,12,14,18H,10-11,13,15H2,1-6H3. The minimum absolute atomic E-state index is 0.0386. The Hall–Kier alpha value is -1.85. The normalized spacial score (nSPS) is 18.7. The molecule has 0 amide bonds. The van der Waals surface area contributed by atoms with Crippen molar-refractivity contribution in [1.29, 1.82) is 0 Å². The predicted octanol–water partition coefficient (Wildman–Crippen LogP) is 3.45. The summed E-state index contributed by atoms with van der Waals surface area (Å²) in [6.07, 6.45) is 3.45. The second-order valence-corrected chi connectivity index (χ2v) is 8.49. The first-order valence-electron chi connectivity index (χ1n) is 9.40. The highest BCUT2D eigenvalue weighted by atomic mass is 16.5. The summed E-state index contributed by atoms with van der Waals surface area (Å²) < 4.78 is 7.51. The first-order valence-corrected chi connectivity index (χ1v) is 9.40. The van der Waals surface area contributed by atoms with E-state index >= 15 is 0 Å². The van der Waals surface area contributed by atoms with Crippen LogP contribution in [-0.2, 0) is 12.1 Å². The van der Waals surface area contributed by atoms with Crippen LogP contribution in [0.1, 0.15) is 32.8 Å². The summed E-state index contributed by atoms with van der Waals surface area (Å²) in [6, 6.07) is 8.85. The zero-order valence-corrected chi connectivity index (χ0v) is 17.0. The van der Waals surface area contributed by atoms with Crippen molar-refractivity contribution in [3.63, 3.8) is 0 Å². The van der Waals surface area contributed by atoms with Crippen molar-refractivity contribution in [3.8, 4) is 17.0 Å². The molecule has 1 fully saturated rings. The van der Waals surface area contributed by atoms with Crippen LogP contribution in [0.2, 0.25) is 0 Å². The van der Waals surface area contributed by atoms with Gasteiger partial charge in [-0.1, -0.05) is 12.1 Å². The molecule has 0 radical (unpaired) electrons. The van der Waals surface area contributed by atoms with Crippen LogP contribution in [0.15, 0.2) is 30.5 Å². The number of hydrogen-bond donors (Lipinski definition) is 0. The van der Waals surface area contributed by atoms with Crippen LogP contribution in [0.3, 0.4) is 0 Å². The number of hydrogen-bond acceptors (Lipinski definition) is 4. The Morgan fingerprint density at radius 3 is 2.65 bits per heavy atom. The number of likely N-dealkylation sites (N-methyl/N-ethyl adjacent to an activating group) is 1. The number of methoxy groups -OCH3 is 1. The maximum absolute atomic E-state index is 5.41. The van der Waals surface area contributed by atoms with Gasteiger partial charge in [-0.05, 0) is 53.4 Å². The molecule has 1 atom stereocenters. The van der Waals surface area contributed by atoms with Crippen molar-refractivity contribution >= 4 is 0 Å². The van der Waals surface area contributed by atoms with Gasteiger partial charge in [-0.25, -0.2) is 0 Å². The lowest BCUT2D eigenvalue weighted by molar-refractivity contribution is 0.264. The lowest BCUT2D eigenvalue weighted by Gasteiger charge is -2.20. The zero-order valence-electron chi connectivity index (χ0n) is 17.0. The Morgan fingerprint density at radius 1 is 1.27 bits per heavy atom. The Morgan fingerprint density at radius 2 is 2.04 bits per heavy atom. The molecule has 1 saturated heterocycles. The quantitative estimate of drug-likeness (QED) is 0.822. The summed E-state index contributed by atoms with van der Waals surface area (Å²) in [7, 11) is 6.06. The van der Waals surface area contributed by atoms with Crippen molar-refractivity contribution in [3.05, 3.63) is 36.0 Å². The summed E-state index contributed by atoms with van der Waals surface area (Å²) >= 11 is 0. The summed E-state index contributed by atoms with van der Waals surface area (Å²) in [5.74, 6) is 0.868. The molecule has 3 rings (SSSR count). The fourth-order valence-corrected chi connectivity index (χ4v) is 3.50. The lowest BCUT2D eigenvalue weighted by atomic mass is 10.1. The molecule has 0 N–H and O–H groups in total. The molecule has 5 heteroatoms. The zero-order chi connectivity index (χ0) is 18.9. The topological polar surface area (TPSA) is 33.5 Å². The minimum Gasteiger partial charge on any atom is -0.497 e. The molecule has 5 nitrogen and oxygen atoms in total. The Kier molecular flexibility index (Phi) is 5.39. The van der Waals surface area contributed by atoms with E-state index < -0.39 is 0 Å². The van der Waals surface area contributed by atoms with Gasteiger partial charge >= 0.3 is 0 Å². The molecule has 2 heterocycles. The lowest BCUT2D eigenvalue weighted by Crippen LogP contribution is -2.31. The number of likely N-dealkylation sites (tertiary alicyclic amines) is 1. The van der Waals surface area contributed by atoms with E-state index in [9.17, 15) is 0 Å². The smallest absolute Gasteiger partial charge is 0.119 e. The van der Waals surface area contributed by atoms with Gasteiger partial charge in [0.15, 0.2) is 0 Å². The second kappa shape index (κ2) is 7.41. The Balaban J connectivity index is 1.91. The fourth-order valence-electron chi connectivity index (χ4n) is 3.50. The average molecular weight is 357 g/mol. The Bertz CT molecular complexity index is 745. The third kappa shape index (κ3) is 4.10. The van der Waals surface area contributed by atoms with Gasteiger partial charge in [0.1, 0.15) is 5.75 Å². The van der Waals surface area contributed by atoms with Gasteiger partial charge in [-0.2, -0.15) is 5.10 Å². The van der Waals surface area contributed by atoms with Crippen LogP contribution in [0.25, 0.3) is 11.3 Å². The molecule has 0 aliphatic carbocycles. The maximum Gasteiger partial charge on any atom is 0.119 e. The van der Waals surface area contributed by atoms with E-state index in [1.807, 2.05) is 12.1 Å². The third-order valence-electron chi connectivity index (χ3n) is 5.19. The van der Waals surface area contributed by atoms with E-state index in [4.69, 9.17) is 9.84 Å². The number of nitrogens with zero attached hydrogens (tertiary/aromatic N) is 4.